The minimum Gasteiger partial charge on any atom is -0.455 e. The quantitative estimate of drug-likeness (QED) is 0.0861. The molecule has 2 unspecified atom stereocenters. The van der Waals surface area contributed by atoms with Crippen LogP contribution in [0.2, 0.25) is 38.3 Å². The summed E-state index contributed by atoms with van der Waals surface area (Å²) >= 11 is 8.31. The molecule has 0 heterocycles. The number of carbonyl (C=O) groups is 4. The second-order valence-electron chi connectivity index (χ2n) is 9.94. The molecule has 0 aromatic heterocycles. The van der Waals surface area contributed by atoms with Crippen LogP contribution in [-0.4, -0.2) is 76.9 Å². The van der Waals surface area contributed by atoms with Gasteiger partial charge in [0, 0.05) is 26.9 Å². The van der Waals surface area contributed by atoms with Crippen LogP contribution >= 0.6 is 25.3 Å². The van der Waals surface area contributed by atoms with Gasteiger partial charge in [0.2, 0.25) is 23.6 Å². The van der Waals surface area contributed by atoms with E-state index in [0.717, 1.165) is 24.9 Å². The van der Waals surface area contributed by atoms with Crippen LogP contribution in [0.25, 0.3) is 0 Å². The molecule has 0 bridgehead atoms. The molecule has 2 atom stereocenters. The third kappa shape index (κ3) is 17.1. The number of nitrogens with one attached hydrogen (secondary N) is 4. The van der Waals surface area contributed by atoms with Gasteiger partial charge in [-0.2, -0.15) is 25.3 Å². The molecule has 0 radical (unpaired) electrons. The van der Waals surface area contributed by atoms with Crippen molar-refractivity contribution in [2.75, 3.05) is 24.6 Å². The lowest BCUT2D eigenvalue weighted by Crippen LogP contribution is -2.48. The lowest BCUT2D eigenvalue weighted by molar-refractivity contribution is -0.128. The van der Waals surface area contributed by atoms with Crippen LogP contribution < -0.4 is 21.3 Å². The van der Waals surface area contributed by atoms with Crippen molar-refractivity contribution in [3.05, 3.63) is 0 Å². The molecule has 0 aromatic carbocycles. The Morgan fingerprint density at radius 2 is 1.06 bits per heavy atom. The summed E-state index contributed by atoms with van der Waals surface area (Å²) in [5.74, 6) is 0.210. The zero-order valence-corrected chi connectivity index (χ0v) is 26.0. The fourth-order valence-electron chi connectivity index (χ4n) is 3.83. The molecule has 4 amide bonds. The summed E-state index contributed by atoms with van der Waals surface area (Å²) in [5.41, 5.74) is 0. The van der Waals surface area contributed by atoms with Gasteiger partial charge in [-0.05, 0) is 75.5 Å². The van der Waals surface area contributed by atoms with Gasteiger partial charge in [0.05, 0.1) is 0 Å². The van der Waals surface area contributed by atoms with E-state index in [1.54, 1.807) is 0 Å². The van der Waals surface area contributed by atoms with Crippen molar-refractivity contribution >= 4 is 65.5 Å². The Kier molecular flexibility index (Phi) is 16.9. The van der Waals surface area contributed by atoms with Crippen molar-refractivity contribution in [3.8, 4) is 0 Å². The minimum atomic E-state index is -1.92. The van der Waals surface area contributed by atoms with Gasteiger partial charge >= 0.3 is 0 Å². The third-order valence-electron chi connectivity index (χ3n) is 5.29. The Hall–Kier alpha value is -1.03. The summed E-state index contributed by atoms with van der Waals surface area (Å²) in [6.45, 7) is 12.7. The normalized spacial score (nSPS) is 13.5. The summed E-state index contributed by atoms with van der Waals surface area (Å²) in [7, 11) is -3.85. The first-order valence-electron chi connectivity index (χ1n) is 12.2. The van der Waals surface area contributed by atoms with E-state index < -0.39 is 28.7 Å². The van der Waals surface area contributed by atoms with Crippen LogP contribution in [0.5, 0.6) is 0 Å². The zero-order chi connectivity index (χ0) is 27.1. The maximum Gasteiger partial charge on any atom is 0.242 e. The van der Waals surface area contributed by atoms with E-state index in [1.807, 2.05) is 0 Å². The average molecular weight is 567 g/mol. The first-order valence-corrected chi connectivity index (χ1v) is 19.7. The molecule has 0 fully saturated rings. The number of thiol groups is 2. The van der Waals surface area contributed by atoms with Crippen molar-refractivity contribution in [1.82, 2.24) is 21.3 Å². The molecule has 13 heteroatoms. The monoisotopic (exact) mass is 566 g/mol. The average Bonchev–Trinajstić information content (AvgIpc) is 2.72. The fourth-order valence-corrected chi connectivity index (χ4v) is 13.2. The Morgan fingerprint density at radius 1 is 0.714 bits per heavy atom. The van der Waals surface area contributed by atoms with Crippen LogP contribution in [0.1, 0.15) is 39.5 Å². The lowest BCUT2D eigenvalue weighted by Gasteiger charge is -2.34. The highest BCUT2D eigenvalue weighted by atomic mass is 32.1. The van der Waals surface area contributed by atoms with Gasteiger partial charge in [-0.1, -0.05) is 0 Å². The molecule has 0 aliphatic heterocycles. The fraction of sp³-hybridized carbons (Fsp3) is 0.818. The summed E-state index contributed by atoms with van der Waals surface area (Å²) in [5, 5.41) is 11.1. The van der Waals surface area contributed by atoms with Gasteiger partial charge in [-0.15, -0.1) is 0 Å². The maximum atomic E-state index is 12.3. The second kappa shape index (κ2) is 17.4. The van der Waals surface area contributed by atoms with Crippen LogP contribution in [0.15, 0.2) is 0 Å². The third-order valence-corrected chi connectivity index (χ3v) is 13.3. The van der Waals surface area contributed by atoms with Crippen molar-refractivity contribution in [3.63, 3.8) is 0 Å². The Labute approximate surface area is 224 Å². The van der Waals surface area contributed by atoms with Crippen molar-refractivity contribution < 1.29 is 23.3 Å². The molecular weight excluding hydrogens is 521 g/mol. The van der Waals surface area contributed by atoms with Gasteiger partial charge in [-0.25, -0.2) is 0 Å². The van der Waals surface area contributed by atoms with Gasteiger partial charge in [0.15, 0.2) is 16.6 Å². The van der Waals surface area contributed by atoms with Gasteiger partial charge in [-0.3, -0.25) is 19.2 Å². The highest BCUT2D eigenvalue weighted by Crippen LogP contribution is 2.23. The molecule has 4 N–H and O–H groups in total. The van der Waals surface area contributed by atoms with Crippen LogP contribution in [0.3, 0.4) is 0 Å². The van der Waals surface area contributed by atoms with E-state index >= 15 is 0 Å². The van der Waals surface area contributed by atoms with Crippen molar-refractivity contribution in [1.29, 1.82) is 0 Å². The molecule has 0 aliphatic rings. The van der Waals surface area contributed by atoms with Crippen molar-refractivity contribution in [2.24, 2.45) is 0 Å². The van der Waals surface area contributed by atoms with E-state index in [2.05, 4.69) is 72.7 Å². The largest absolute Gasteiger partial charge is 0.455 e. The number of carbonyl (C=O) groups excluding carboxylic acids is 4. The first-order chi connectivity index (χ1) is 16.2. The van der Waals surface area contributed by atoms with E-state index in [0.29, 0.717) is 37.4 Å². The predicted molar refractivity (Wildman–Crippen MR) is 153 cm³/mol. The molecule has 0 spiro atoms. The van der Waals surface area contributed by atoms with Crippen molar-refractivity contribution in [2.45, 2.75) is 89.9 Å². The molecule has 9 nitrogen and oxygen atoms in total. The summed E-state index contributed by atoms with van der Waals surface area (Å²) in [4.78, 5) is 47.2. The highest BCUT2D eigenvalue weighted by molar-refractivity contribution is 7.80. The molecule has 0 saturated carbocycles. The van der Waals surface area contributed by atoms with Gasteiger partial charge in [0.1, 0.15) is 12.1 Å². The molecule has 35 heavy (non-hydrogen) atoms. The van der Waals surface area contributed by atoms with Crippen LogP contribution in [0, 0.1) is 0 Å². The molecule has 0 aliphatic carbocycles. The van der Waals surface area contributed by atoms with E-state index in [-0.39, 0.29) is 23.6 Å². The Morgan fingerprint density at radius 3 is 1.34 bits per heavy atom. The standard InChI is InChI=1S/C22H46N4O5S2Si2/c1-17(27)25-19(9-13-32)21(29)23-11-7-15-34(3,4)31-35(5,6)16-8-12-24-22(30)20(10-14-33)26-18(2)28/h19-20,32-33H,7-16H2,1-6H3,(H,23,29)(H,24,30)(H,25,27)(H,26,28). The summed E-state index contributed by atoms with van der Waals surface area (Å²) in [6, 6.07) is 0.731. The van der Waals surface area contributed by atoms with Gasteiger partial charge < -0.3 is 25.4 Å². The topological polar surface area (TPSA) is 126 Å². The SMILES string of the molecule is CC(=O)NC(CCS)C(=O)NCCC[Si](C)(C)O[Si](C)(C)CCCNC(=O)C(CCS)NC(C)=O. The lowest BCUT2D eigenvalue weighted by atomic mass is 10.2. The molecule has 0 aromatic rings. The number of rotatable bonds is 18. The molecular formula is C22H46N4O5S2Si2. The number of amides is 4. The Balaban J connectivity index is 4.42. The Bertz CT molecular complexity index is 643. The first kappa shape index (κ1) is 34.0. The molecule has 0 saturated heterocycles. The second-order valence-corrected chi connectivity index (χ2v) is 19.7. The summed E-state index contributed by atoms with van der Waals surface area (Å²) < 4.78 is 6.63. The van der Waals surface area contributed by atoms with E-state index in [1.165, 1.54) is 13.8 Å². The highest BCUT2D eigenvalue weighted by Gasteiger charge is 2.32. The number of hydrogen-bond acceptors (Lipinski definition) is 7. The minimum absolute atomic E-state index is 0.179. The van der Waals surface area contributed by atoms with Gasteiger partial charge in [0.25, 0.3) is 0 Å². The summed E-state index contributed by atoms with van der Waals surface area (Å²) in [6.07, 6.45) is 2.60. The van der Waals surface area contributed by atoms with Crippen LogP contribution in [-0.2, 0) is 23.3 Å². The smallest absolute Gasteiger partial charge is 0.242 e. The van der Waals surface area contributed by atoms with E-state index in [9.17, 15) is 19.2 Å². The molecule has 0 rings (SSSR count). The number of hydrogen-bond donors (Lipinski definition) is 6. The molecule has 204 valence electrons. The predicted octanol–water partition coefficient (Wildman–Crippen LogP) is 2.08. The zero-order valence-electron chi connectivity index (χ0n) is 22.2. The van der Waals surface area contributed by atoms with Crippen LogP contribution in [0.4, 0.5) is 0 Å². The maximum absolute atomic E-state index is 12.3. The van der Waals surface area contributed by atoms with E-state index in [4.69, 9.17) is 4.12 Å².